The Morgan fingerprint density at radius 2 is 2.03 bits per heavy atom. The Hall–Kier alpha value is -2.42. The van der Waals surface area contributed by atoms with Crippen molar-refractivity contribution in [3.8, 4) is 6.01 Å². The highest BCUT2D eigenvalue weighted by molar-refractivity contribution is 6.34. The van der Waals surface area contributed by atoms with E-state index in [-0.39, 0.29) is 18.5 Å². The lowest BCUT2D eigenvalue weighted by atomic mass is 9.85. The fourth-order valence-electron chi connectivity index (χ4n) is 3.72. The number of nitrogens with one attached hydrogen (secondary N) is 1. The van der Waals surface area contributed by atoms with Gasteiger partial charge in [-0.05, 0) is 37.1 Å². The van der Waals surface area contributed by atoms with Crippen LogP contribution in [0.4, 0.5) is 11.5 Å². The molecule has 0 radical (unpaired) electrons. The van der Waals surface area contributed by atoms with Crippen molar-refractivity contribution >= 4 is 29.0 Å². The highest BCUT2D eigenvalue weighted by Crippen LogP contribution is 2.30. The van der Waals surface area contributed by atoms with Gasteiger partial charge in [0.05, 0.1) is 29.9 Å². The minimum absolute atomic E-state index is 0.211. The van der Waals surface area contributed by atoms with E-state index >= 15 is 0 Å². The van der Waals surface area contributed by atoms with E-state index in [2.05, 4.69) is 15.3 Å². The lowest BCUT2D eigenvalue weighted by molar-refractivity contribution is 0.00526. The van der Waals surface area contributed by atoms with Crippen molar-refractivity contribution in [3.05, 3.63) is 41.0 Å². The molecule has 0 atom stereocenters. The van der Waals surface area contributed by atoms with Crippen LogP contribution < -0.4 is 15.0 Å². The SMILES string of the molecule is COCCN(c1ccc(Cl)c(C(=O)NCC2(O)CCCCC2)c1)c1ccnc(OC)n1. The molecule has 1 saturated carbocycles. The Morgan fingerprint density at radius 1 is 1.26 bits per heavy atom. The number of anilines is 2. The molecule has 8 nitrogen and oxygen atoms in total. The van der Waals surface area contributed by atoms with Crippen LogP contribution in [0.15, 0.2) is 30.5 Å². The van der Waals surface area contributed by atoms with Crippen LogP contribution in [-0.2, 0) is 4.74 Å². The van der Waals surface area contributed by atoms with Crippen molar-refractivity contribution in [2.75, 3.05) is 38.8 Å². The van der Waals surface area contributed by atoms with E-state index in [4.69, 9.17) is 21.1 Å². The predicted octanol–water partition coefficient (Wildman–Crippen LogP) is 3.35. The number of halogens is 1. The molecule has 1 fully saturated rings. The van der Waals surface area contributed by atoms with Crippen molar-refractivity contribution in [3.63, 3.8) is 0 Å². The average molecular weight is 449 g/mol. The average Bonchev–Trinajstić information content (AvgIpc) is 2.79. The summed E-state index contributed by atoms with van der Waals surface area (Å²) in [5.74, 6) is 0.284. The molecule has 0 bridgehead atoms. The first-order chi connectivity index (χ1) is 15.0. The number of hydrogen-bond donors (Lipinski definition) is 2. The van der Waals surface area contributed by atoms with Crippen LogP contribution in [0.1, 0.15) is 42.5 Å². The van der Waals surface area contributed by atoms with E-state index in [1.807, 2.05) is 11.0 Å². The molecular weight excluding hydrogens is 420 g/mol. The first kappa shape index (κ1) is 23.2. The Bertz CT molecular complexity index is 890. The largest absolute Gasteiger partial charge is 0.467 e. The van der Waals surface area contributed by atoms with Gasteiger partial charge in [0.2, 0.25) is 0 Å². The molecule has 1 aliphatic carbocycles. The van der Waals surface area contributed by atoms with E-state index in [1.165, 1.54) is 7.11 Å². The quantitative estimate of drug-likeness (QED) is 0.607. The molecule has 9 heteroatoms. The molecule has 1 aromatic heterocycles. The monoisotopic (exact) mass is 448 g/mol. The van der Waals surface area contributed by atoms with Crippen LogP contribution in [0.3, 0.4) is 0 Å². The minimum atomic E-state index is -0.847. The van der Waals surface area contributed by atoms with Gasteiger partial charge in [-0.15, -0.1) is 0 Å². The van der Waals surface area contributed by atoms with Crippen LogP contribution in [0.2, 0.25) is 5.02 Å². The number of hydrogen-bond acceptors (Lipinski definition) is 7. The molecule has 0 aliphatic heterocycles. The van der Waals surface area contributed by atoms with Crippen molar-refractivity contribution in [2.24, 2.45) is 0 Å². The second-order valence-electron chi connectivity index (χ2n) is 7.68. The van der Waals surface area contributed by atoms with Crippen LogP contribution in [0.5, 0.6) is 6.01 Å². The number of rotatable bonds is 9. The molecule has 0 saturated heterocycles. The zero-order valence-corrected chi connectivity index (χ0v) is 18.7. The number of methoxy groups -OCH3 is 2. The number of nitrogens with zero attached hydrogens (tertiary/aromatic N) is 3. The highest BCUT2D eigenvalue weighted by atomic mass is 35.5. The van der Waals surface area contributed by atoms with Gasteiger partial charge >= 0.3 is 6.01 Å². The number of aromatic nitrogens is 2. The minimum Gasteiger partial charge on any atom is -0.467 e. The van der Waals surface area contributed by atoms with Crippen molar-refractivity contribution in [1.29, 1.82) is 0 Å². The van der Waals surface area contributed by atoms with Gasteiger partial charge in [0, 0.05) is 32.1 Å². The fraction of sp³-hybridized carbons (Fsp3) is 0.500. The lowest BCUT2D eigenvalue weighted by Gasteiger charge is -2.32. The molecule has 2 N–H and O–H groups in total. The van der Waals surface area contributed by atoms with Gasteiger partial charge in [0.25, 0.3) is 5.91 Å². The summed E-state index contributed by atoms with van der Waals surface area (Å²) >= 11 is 6.34. The maximum atomic E-state index is 12.9. The van der Waals surface area contributed by atoms with Gasteiger partial charge in [-0.3, -0.25) is 4.79 Å². The topological polar surface area (TPSA) is 96.8 Å². The Morgan fingerprint density at radius 3 is 2.74 bits per heavy atom. The highest BCUT2D eigenvalue weighted by Gasteiger charge is 2.30. The molecular formula is C22H29ClN4O4. The third-order valence-corrected chi connectivity index (χ3v) is 5.80. The Kier molecular flexibility index (Phi) is 8.06. The fourth-order valence-corrected chi connectivity index (χ4v) is 3.92. The molecule has 3 rings (SSSR count). The standard InChI is InChI=1S/C22H29ClN4O4/c1-30-13-12-27(19-8-11-24-21(26-19)31-2)16-6-7-18(23)17(14-16)20(28)25-15-22(29)9-4-3-5-10-22/h6-8,11,14,29H,3-5,9-10,12-13,15H2,1-2H3,(H,25,28). The summed E-state index contributed by atoms with van der Waals surface area (Å²) in [4.78, 5) is 23.2. The summed E-state index contributed by atoms with van der Waals surface area (Å²) in [5, 5.41) is 13.9. The third kappa shape index (κ3) is 6.06. The first-order valence-corrected chi connectivity index (χ1v) is 10.8. The summed E-state index contributed by atoms with van der Waals surface area (Å²) < 4.78 is 10.4. The van der Waals surface area contributed by atoms with E-state index in [0.717, 1.165) is 24.9 Å². The van der Waals surface area contributed by atoms with Gasteiger partial charge in [0.1, 0.15) is 5.82 Å². The summed E-state index contributed by atoms with van der Waals surface area (Å²) in [6.45, 7) is 1.16. The molecule has 1 heterocycles. The summed E-state index contributed by atoms with van der Waals surface area (Å²) in [5.41, 5.74) is 0.214. The van der Waals surface area contributed by atoms with Crippen molar-refractivity contribution in [2.45, 2.75) is 37.7 Å². The molecule has 2 aromatic rings. The van der Waals surface area contributed by atoms with Crippen molar-refractivity contribution in [1.82, 2.24) is 15.3 Å². The zero-order valence-electron chi connectivity index (χ0n) is 17.9. The lowest BCUT2D eigenvalue weighted by Crippen LogP contribution is -2.44. The number of carbonyl (C=O) groups is 1. The zero-order chi connectivity index (χ0) is 22.3. The molecule has 0 unspecified atom stereocenters. The van der Waals surface area contributed by atoms with Crippen LogP contribution in [0, 0.1) is 0 Å². The Balaban J connectivity index is 1.83. The molecule has 0 spiro atoms. The van der Waals surface area contributed by atoms with E-state index < -0.39 is 5.60 Å². The molecule has 1 amide bonds. The maximum Gasteiger partial charge on any atom is 0.318 e. The summed E-state index contributed by atoms with van der Waals surface area (Å²) in [6.07, 6.45) is 6.06. The normalized spacial score (nSPS) is 15.4. The smallest absolute Gasteiger partial charge is 0.318 e. The number of ether oxygens (including phenoxy) is 2. The molecule has 1 aliphatic rings. The maximum absolute atomic E-state index is 12.9. The summed E-state index contributed by atoms with van der Waals surface area (Å²) in [7, 11) is 3.12. The van der Waals surface area contributed by atoms with Gasteiger partial charge in [-0.2, -0.15) is 4.98 Å². The molecule has 168 valence electrons. The first-order valence-electron chi connectivity index (χ1n) is 10.4. The van der Waals surface area contributed by atoms with Gasteiger partial charge in [-0.1, -0.05) is 30.9 Å². The number of carbonyl (C=O) groups excluding carboxylic acids is 1. The number of benzene rings is 1. The van der Waals surface area contributed by atoms with Gasteiger partial charge in [0.15, 0.2) is 0 Å². The van der Waals surface area contributed by atoms with E-state index in [9.17, 15) is 9.90 Å². The summed E-state index contributed by atoms with van der Waals surface area (Å²) in [6, 6.07) is 7.21. The van der Waals surface area contributed by atoms with Crippen molar-refractivity contribution < 1.29 is 19.4 Å². The predicted molar refractivity (Wildman–Crippen MR) is 119 cm³/mol. The van der Waals surface area contributed by atoms with Crippen LogP contribution in [-0.4, -0.2) is 60.5 Å². The van der Waals surface area contributed by atoms with E-state index in [1.54, 1.807) is 31.5 Å². The second kappa shape index (κ2) is 10.7. The Labute approximate surface area is 187 Å². The van der Waals surface area contributed by atoms with Gasteiger partial charge < -0.3 is 24.8 Å². The second-order valence-corrected chi connectivity index (χ2v) is 8.09. The number of amides is 1. The van der Waals surface area contributed by atoms with Crippen LogP contribution >= 0.6 is 11.6 Å². The molecule has 31 heavy (non-hydrogen) atoms. The van der Waals surface area contributed by atoms with Gasteiger partial charge in [-0.25, -0.2) is 4.98 Å². The van der Waals surface area contributed by atoms with E-state index in [0.29, 0.717) is 42.4 Å². The number of aliphatic hydroxyl groups is 1. The third-order valence-electron chi connectivity index (χ3n) is 5.47. The van der Waals surface area contributed by atoms with Crippen LogP contribution in [0.25, 0.3) is 0 Å². The molecule has 1 aromatic carbocycles.